The Labute approximate surface area is 141 Å². The molecule has 0 saturated carbocycles. The maximum absolute atomic E-state index is 12.1. The number of esters is 1. The third-order valence-corrected chi connectivity index (χ3v) is 4.17. The van der Waals surface area contributed by atoms with Gasteiger partial charge in [0.25, 0.3) is 0 Å². The van der Waals surface area contributed by atoms with Gasteiger partial charge in [0, 0.05) is 37.8 Å². The molecule has 1 aromatic carbocycles. The average Bonchev–Trinajstić information content (AvgIpc) is 2.99. The monoisotopic (exact) mass is 324 g/mol. The summed E-state index contributed by atoms with van der Waals surface area (Å²) in [5.74, 6) is -0.164. The Morgan fingerprint density at radius 3 is 2.67 bits per heavy atom. The summed E-state index contributed by atoms with van der Waals surface area (Å²) in [5.41, 5.74) is 1.70. The Balaban J connectivity index is 1.45. The van der Waals surface area contributed by atoms with Gasteiger partial charge in [-0.1, -0.05) is 30.3 Å². The molecule has 3 rings (SSSR count). The molecule has 1 saturated heterocycles. The standard InChI is InChI=1S/C19H20N2O3/c22-18-12-16(14-24-19(23)17-6-9-20-10-7-17)13-21(18)11-8-15-4-2-1-3-5-15/h1-7,9-10,16H,8,11-14H2/t16-/m0/s1. The summed E-state index contributed by atoms with van der Waals surface area (Å²) in [5, 5.41) is 0. The number of aromatic nitrogens is 1. The molecule has 5 heteroatoms. The number of rotatable bonds is 6. The van der Waals surface area contributed by atoms with Crippen LogP contribution in [0.3, 0.4) is 0 Å². The van der Waals surface area contributed by atoms with Crippen LogP contribution in [0, 0.1) is 5.92 Å². The van der Waals surface area contributed by atoms with Gasteiger partial charge in [0.2, 0.25) is 5.91 Å². The second kappa shape index (κ2) is 7.73. The van der Waals surface area contributed by atoms with E-state index in [0.29, 0.717) is 25.1 Å². The minimum Gasteiger partial charge on any atom is -0.462 e. The van der Waals surface area contributed by atoms with Crippen LogP contribution in [0.2, 0.25) is 0 Å². The maximum Gasteiger partial charge on any atom is 0.338 e. The number of ether oxygens (including phenoxy) is 1. The van der Waals surface area contributed by atoms with Crippen LogP contribution >= 0.6 is 0 Å². The highest BCUT2D eigenvalue weighted by molar-refractivity contribution is 5.89. The first-order chi connectivity index (χ1) is 11.7. The second-order valence-electron chi connectivity index (χ2n) is 5.98. The van der Waals surface area contributed by atoms with Crippen LogP contribution in [-0.2, 0) is 16.0 Å². The molecule has 24 heavy (non-hydrogen) atoms. The fourth-order valence-electron chi connectivity index (χ4n) is 2.86. The molecule has 1 amide bonds. The van der Waals surface area contributed by atoms with Crippen LogP contribution in [-0.4, -0.2) is 41.5 Å². The number of amides is 1. The highest BCUT2D eigenvalue weighted by Crippen LogP contribution is 2.19. The molecule has 124 valence electrons. The van der Waals surface area contributed by atoms with Gasteiger partial charge in [-0.2, -0.15) is 0 Å². The average molecular weight is 324 g/mol. The Hall–Kier alpha value is -2.69. The molecule has 1 aliphatic rings. The van der Waals surface area contributed by atoms with Gasteiger partial charge >= 0.3 is 5.97 Å². The van der Waals surface area contributed by atoms with Gasteiger partial charge in [-0.05, 0) is 24.1 Å². The Bertz CT molecular complexity index is 688. The van der Waals surface area contributed by atoms with E-state index in [9.17, 15) is 9.59 Å². The first-order valence-electron chi connectivity index (χ1n) is 8.11. The first kappa shape index (κ1) is 16.2. The number of hydrogen-bond acceptors (Lipinski definition) is 4. The van der Waals surface area contributed by atoms with Gasteiger partial charge in [0.15, 0.2) is 0 Å². The quantitative estimate of drug-likeness (QED) is 0.765. The summed E-state index contributed by atoms with van der Waals surface area (Å²) in [7, 11) is 0. The summed E-state index contributed by atoms with van der Waals surface area (Å²) < 4.78 is 5.33. The second-order valence-corrected chi connectivity index (χ2v) is 5.98. The fraction of sp³-hybridized carbons (Fsp3) is 0.316. The lowest BCUT2D eigenvalue weighted by molar-refractivity contribution is -0.127. The minimum atomic E-state index is -0.368. The van der Waals surface area contributed by atoms with Crippen LogP contribution < -0.4 is 0 Å². The van der Waals surface area contributed by atoms with Crippen LogP contribution in [0.5, 0.6) is 0 Å². The normalized spacial score (nSPS) is 17.1. The Morgan fingerprint density at radius 1 is 1.17 bits per heavy atom. The number of likely N-dealkylation sites (tertiary alicyclic amines) is 1. The number of benzene rings is 1. The predicted octanol–water partition coefficient (Wildman–Crippen LogP) is 2.33. The third kappa shape index (κ3) is 4.19. The number of pyridine rings is 1. The lowest BCUT2D eigenvalue weighted by Crippen LogP contribution is -2.28. The SMILES string of the molecule is O=C(OC[C@H]1CC(=O)N(CCc2ccccc2)C1)c1ccncc1. The van der Waals surface area contributed by atoms with Crippen molar-refractivity contribution in [2.24, 2.45) is 5.92 Å². The maximum atomic E-state index is 12.1. The third-order valence-electron chi connectivity index (χ3n) is 4.17. The number of hydrogen-bond donors (Lipinski definition) is 0. The van der Waals surface area contributed by atoms with Gasteiger partial charge in [-0.3, -0.25) is 9.78 Å². The van der Waals surface area contributed by atoms with Gasteiger partial charge in [0.1, 0.15) is 0 Å². The summed E-state index contributed by atoms with van der Waals surface area (Å²) in [6, 6.07) is 13.4. The van der Waals surface area contributed by atoms with E-state index in [4.69, 9.17) is 4.74 Å². The fourth-order valence-corrected chi connectivity index (χ4v) is 2.86. The molecular weight excluding hydrogens is 304 g/mol. The Morgan fingerprint density at radius 2 is 1.92 bits per heavy atom. The zero-order valence-corrected chi connectivity index (χ0v) is 13.4. The van der Waals surface area contributed by atoms with Crippen molar-refractivity contribution < 1.29 is 14.3 Å². The van der Waals surface area contributed by atoms with E-state index >= 15 is 0 Å². The summed E-state index contributed by atoms with van der Waals surface area (Å²) >= 11 is 0. The van der Waals surface area contributed by atoms with Gasteiger partial charge in [-0.15, -0.1) is 0 Å². The van der Waals surface area contributed by atoms with Crippen molar-refractivity contribution >= 4 is 11.9 Å². The lowest BCUT2D eigenvalue weighted by atomic mass is 10.1. The lowest BCUT2D eigenvalue weighted by Gasteiger charge is -2.16. The van der Waals surface area contributed by atoms with E-state index in [1.807, 2.05) is 23.1 Å². The molecule has 1 fully saturated rings. The highest BCUT2D eigenvalue weighted by atomic mass is 16.5. The van der Waals surface area contributed by atoms with Crippen LogP contribution in [0.4, 0.5) is 0 Å². The summed E-state index contributed by atoms with van der Waals surface area (Å²) in [4.78, 5) is 29.8. The van der Waals surface area contributed by atoms with Crippen molar-refractivity contribution in [2.75, 3.05) is 19.7 Å². The number of carbonyl (C=O) groups is 2. The molecule has 2 aromatic rings. The molecule has 0 aliphatic carbocycles. The van der Waals surface area contributed by atoms with Gasteiger partial charge < -0.3 is 9.64 Å². The zero-order valence-electron chi connectivity index (χ0n) is 13.4. The Kier molecular flexibility index (Phi) is 5.21. The smallest absolute Gasteiger partial charge is 0.338 e. The van der Waals surface area contributed by atoms with Crippen LogP contribution in [0.1, 0.15) is 22.3 Å². The highest BCUT2D eigenvalue weighted by Gasteiger charge is 2.30. The first-order valence-corrected chi connectivity index (χ1v) is 8.11. The van der Waals surface area contributed by atoms with Gasteiger partial charge in [0.05, 0.1) is 12.2 Å². The molecule has 5 nitrogen and oxygen atoms in total. The summed E-state index contributed by atoms with van der Waals surface area (Å²) in [6.07, 6.45) is 4.40. The van der Waals surface area contributed by atoms with Crippen molar-refractivity contribution in [3.8, 4) is 0 Å². The zero-order chi connectivity index (χ0) is 16.8. The molecule has 2 heterocycles. The molecule has 1 atom stereocenters. The van der Waals surface area contributed by atoms with Crippen molar-refractivity contribution in [3.05, 3.63) is 66.0 Å². The van der Waals surface area contributed by atoms with E-state index in [1.54, 1.807) is 24.5 Å². The molecule has 0 bridgehead atoms. The van der Waals surface area contributed by atoms with E-state index in [2.05, 4.69) is 17.1 Å². The van der Waals surface area contributed by atoms with E-state index in [-0.39, 0.29) is 24.4 Å². The molecule has 0 radical (unpaired) electrons. The molecule has 0 N–H and O–H groups in total. The molecule has 1 aromatic heterocycles. The van der Waals surface area contributed by atoms with Crippen molar-refractivity contribution in [1.82, 2.24) is 9.88 Å². The minimum absolute atomic E-state index is 0.0686. The largest absolute Gasteiger partial charge is 0.462 e. The van der Waals surface area contributed by atoms with Gasteiger partial charge in [-0.25, -0.2) is 4.79 Å². The van der Waals surface area contributed by atoms with Crippen molar-refractivity contribution in [2.45, 2.75) is 12.8 Å². The predicted molar refractivity (Wildman–Crippen MR) is 89.4 cm³/mol. The van der Waals surface area contributed by atoms with E-state index in [1.165, 1.54) is 5.56 Å². The molecular formula is C19H20N2O3. The molecule has 0 unspecified atom stereocenters. The summed E-state index contributed by atoms with van der Waals surface area (Å²) in [6.45, 7) is 1.63. The van der Waals surface area contributed by atoms with E-state index < -0.39 is 0 Å². The molecule has 1 aliphatic heterocycles. The van der Waals surface area contributed by atoms with Crippen molar-refractivity contribution in [1.29, 1.82) is 0 Å². The topological polar surface area (TPSA) is 59.5 Å². The van der Waals surface area contributed by atoms with Crippen LogP contribution in [0.15, 0.2) is 54.9 Å². The number of carbonyl (C=O) groups excluding carboxylic acids is 2. The van der Waals surface area contributed by atoms with E-state index in [0.717, 1.165) is 6.42 Å². The molecule has 0 spiro atoms. The van der Waals surface area contributed by atoms with Crippen molar-refractivity contribution in [3.63, 3.8) is 0 Å². The number of nitrogens with zero attached hydrogens (tertiary/aromatic N) is 2. The van der Waals surface area contributed by atoms with Crippen LogP contribution in [0.25, 0.3) is 0 Å².